The maximum atomic E-state index is 13.3. The van der Waals surface area contributed by atoms with Gasteiger partial charge in [0.25, 0.3) is 0 Å². The highest BCUT2D eigenvalue weighted by atomic mass is 19.1. The van der Waals surface area contributed by atoms with Crippen LogP contribution in [0.5, 0.6) is 0 Å². The van der Waals surface area contributed by atoms with Gasteiger partial charge in [0.1, 0.15) is 5.82 Å². The molecular formula is C19H16FN. The van der Waals surface area contributed by atoms with Crippen LogP contribution < -0.4 is 0 Å². The van der Waals surface area contributed by atoms with Crippen molar-refractivity contribution >= 4 is 0 Å². The summed E-state index contributed by atoms with van der Waals surface area (Å²) in [6, 6.07) is 26.7. The lowest BCUT2D eigenvalue weighted by atomic mass is 10.1. The Morgan fingerprint density at radius 2 is 1.05 bits per heavy atom. The molecule has 0 amide bonds. The molecular weight excluding hydrogens is 261 g/mol. The second-order valence-electron chi connectivity index (χ2n) is 4.30. The Kier molecular flexibility index (Phi) is 5.89. The zero-order chi connectivity index (χ0) is 14.8. The van der Waals surface area contributed by atoms with Crippen LogP contribution in [0, 0.1) is 5.82 Å². The molecule has 2 heteroatoms. The summed E-state index contributed by atoms with van der Waals surface area (Å²) < 4.78 is 13.3. The summed E-state index contributed by atoms with van der Waals surface area (Å²) in [6.45, 7) is 0. The average molecular weight is 277 g/mol. The number of rotatable bonds is 1. The van der Waals surface area contributed by atoms with Crippen molar-refractivity contribution in [3.63, 3.8) is 0 Å². The molecule has 2 rings (SSSR count). The van der Waals surface area contributed by atoms with Crippen molar-refractivity contribution in [2.45, 2.75) is 0 Å². The van der Waals surface area contributed by atoms with E-state index in [9.17, 15) is 4.39 Å². The van der Waals surface area contributed by atoms with E-state index in [2.05, 4.69) is 4.98 Å². The monoisotopic (exact) mass is 277 g/mol. The lowest BCUT2D eigenvalue weighted by Crippen LogP contribution is -1.81. The Morgan fingerprint density at radius 3 is 1.52 bits per heavy atom. The van der Waals surface area contributed by atoms with Crippen molar-refractivity contribution in [3.05, 3.63) is 103 Å². The fraction of sp³-hybridized carbons (Fsp3) is 0. The number of hydrogen-bond donors (Lipinski definition) is 0. The van der Waals surface area contributed by atoms with E-state index in [1.165, 1.54) is 12.3 Å². The molecule has 0 atom stereocenters. The zero-order valence-electron chi connectivity index (χ0n) is 11.6. The van der Waals surface area contributed by atoms with Crippen LogP contribution in [0.4, 0.5) is 4.39 Å². The highest BCUT2D eigenvalue weighted by Crippen LogP contribution is 2.16. The Hall–Kier alpha value is -2.74. The van der Waals surface area contributed by atoms with Crippen LogP contribution in [-0.4, -0.2) is 4.98 Å². The van der Waals surface area contributed by atoms with Crippen LogP contribution >= 0.6 is 0 Å². The number of aromatic nitrogens is 1. The lowest BCUT2D eigenvalue weighted by Gasteiger charge is -1.97. The first kappa shape index (κ1) is 14.7. The van der Waals surface area contributed by atoms with E-state index in [1.54, 1.807) is 6.20 Å². The maximum absolute atomic E-state index is 13.3. The summed E-state index contributed by atoms with van der Waals surface area (Å²) in [7, 11) is 0. The number of hydrogen-bond acceptors (Lipinski definition) is 1. The molecule has 0 radical (unpaired) electrons. The molecule has 1 nitrogen and oxygen atoms in total. The molecule has 0 N–H and O–H groups in total. The number of halogens is 1. The molecule has 0 aliphatic rings. The summed E-state index contributed by atoms with van der Waals surface area (Å²) in [6.07, 6.45) is 2.85. The van der Waals surface area contributed by atoms with Crippen molar-refractivity contribution < 1.29 is 4.39 Å². The number of pyridine rings is 1. The highest BCUT2D eigenvalue weighted by Gasteiger charge is 1.96. The normalized spacial score (nSPS) is 9.19. The Balaban J connectivity index is 2.51. The van der Waals surface area contributed by atoms with Gasteiger partial charge in [0.15, 0.2) is 0 Å². The van der Waals surface area contributed by atoms with Crippen LogP contribution in [0.25, 0.3) is 11.1 Å². The Bertz CT molecular complexity index is 660. The highest BCUT2D eigenvalue weighted by molar-refractivity contribution is 5.61. The third-order valence-corrected chi connectivity index (χ3v) is 2.70. The minimum atomic E-state index is -0.339. The molecule has 0 bridgehead atoms. The summed E-state index contributed by atoms with van der Waals surface area (Å²) in [5, 5.41) is 0. The molecule has 0 saturated carbocycles. The first-order valence-corrected chi connectivity index (χ1v) is 6.69. The molecule has 1 aromatic carbocycles. The van der Waals surface area contributed by atoms with Crippen molar-refractivity contribution in [1.29, 1.82) is 0 Å². The van der Waals surface area contributed by atoms with Gasteiger partial charge in [-0.25, -0.2) is 4.39 Å². The first-order valence-electron chi connectivity index (χ1n) is 6.69. The third-order valence-electron chi connectivity index (χ3n) is 2.70. The van der Waals surface area contributed by atoms with Gasteiger partial charge >= 0.3 is 0 Å². The van der Waals surface area contributed by atoms with Gasteiger partial charge in [0.2, 0.25) is 0 Å². The van der Waals surface area contributed by atoms with Crippen LogP contribution in [0.15, 0.2) is 97.3 Å². The predicted molar refractivity (Wildman–Crippen MR) is 84.9 cm³/mol. The van der Waals surface area contributed by atoms with Gasteiger partial charge < -0.3 is 0 Å². The lowest BCUT2D eigenvalue weighted by molar-refractivity contribution is 0.622. The van der Waals surface area contributed by atoms with Gasteiger partial charge in [-0.05, 0) is 11.6 Å². The molecule has 0 spiro atoms. The van der Waals surface area contributed by atoms with Crippen LogP contribution in [0.1, 0.15) is 0 Å². The van der Waals surface area contributed by atoms with E-state index in [4.69, 9.17) is 0 Å². The zero-order valence-corrected chi connectivity index (χ0v) is 11.6. The Labute approximate surface area is 124 Å². The van der Waals surface area contributed by atoms with E-state index in [0.717, 1.165) is 11.1 Å². The minimum absolute atomic E-state index is 0.339. The minimum Gasteiger partial charge on any atom is -0.261 e. The van der Waals surface area contributed by atoms with Gasteiger partial charge in [-0.3, -0.25) is 4.98 Å². The smallest absolute Gasteiger partial charge is 0.142 e. The SMILES string of the molecule is Fc1cncc(-c2ccccccccccccc2)c1. The summed E-state index contributed by atoms with van der Waals surface area (Å²) in [4.78, 5) is 3.89. The maximum Gasteiger partial charge on any atom is 0.142 e. The largest absolute Gasteiger partial charge is 0.261 e. The standard InChI is InChI=1S/C19H16FN/c20-19-14-18(15-21-16-19)17-12-10-8-6-4-2-1-3-5-7-9-11-13-17/h1-16H. The van der Waals surface area contributed by atoms with Gasteiger partial charge in [0.05, 0.1) is 6.20 Å². The second kappa shape index (κ2) is 8.43. The fourth-order valence-electron chi connectivity index (χ4n) is 1.71. The summed E-state index contributed by atoms with van der Waals surface area (Å²) in [5.74, 6) is -0.339. The topological polar surface area (TPSA) is 12.9 Å². The van der Waals surface area contributed by atoms with Crippen LogP contribution in [0.3, 0.4) is 0 Å². The molecule has 0 aliphatic carbocycles. The van der Waals surface area contributed by atoms with Crippen molar-refractivity contribution in [2.24, 2.45) is 0 Å². The second-order valence-corrected chi connectivity index (χ2v) is 4.30. The van der Waals surface area contributed by atoms with Gasteiger partial charge in [0, 0.05) is 11.8 Å². The molecule has 104 valence electrons. The summed E-state index contributed by atoms with van der Waals surface area (Å²) >= 11 is 0. The number of nitrogens with zero attached hydrogens (tertiary/aromatic N) is 1. The molecule has 2 aromatic rings. The summed E-state index contributed by atoms with van der Waals surface area (Å²) in [5.41, 5.74) is 1.64. The molecule has 21 heavy (non-hydrogen) atoms. The van der Waals surface area contributed by atoms with Crippen molar-refractivity contribution in [2.75, 3.05) is 0 Å². The quantitative estimate of drug-likeness (QED) is 0.703. The van der Waals surface area contributed by atoms with E-state index >= 15 is 0 Å². The first-order chi connectivity index (χ1) is 10.4. The Morgan fingerprint density at radius 1 is 0.571 bits per heavy atom. The molecule has 1 heterocycles. The van der Waals surface area contributed by atoms with E-state index < -0.39 is 0 Å². The molecule has 1 aromatic heterocycles. The predicted octanol–water partition coefficient (Wildman–Crippen LogP) is 5.14. The molecule has 0 unspecified atom stereocenters. The van der Waals surface area contributed by atoms with Crippen LogP contribution in [-0.2, 0) is 0 Å². The average Bonchev–Trinajstić information content (AvgIpc) is 2.49. The molecule has 0 aliphatic heterocycles. The van der Waals surface area contributed by atoms with E-state index in [-0.39, 0.29) is 5.82 Å². The van der Waals surface area contributed by atoms with Gasteiger partial charge in [-0.1, -0.05) is 78.9 Å². The third kappa shape index (κ3) is 5.41. The van der Waals surface area contributed by atoms with E-state index in [1.807, 2.05) is 78.9 Å². The van der Waals surface area contributed by atoms with Crippen LogP contribution in [0.2, 0.25) is 0 Å². The van der Waals surface area contributed by atoms with Crippen molar-refractivity contribution in [1.82, 2.24) is 4.98 Å². The molecule has 0 fully saturated rings. The fourth-order valence-corrected chi connectivity index (χ4v) is 1.71. The van der Waals surface area contributed by atoms with Gasteiger partial charge in [-0.2, -0.15) is 0 Å². The molecule has 0 saturated heterocycles. The van der Waals surface area contributed by atoms with E-state index in [0.29, 0.717) is 0 Å². The van der Waals surface area contributed by atoms with Crippen molar-refractivity contribution in [3.8, 4) is 11.1 Å². The van der Waals surface area contributed by atoms with Gasteiger partial charge in [-0.15, -0.1) is 0 Å².